The number of hydrogen-bond acceptors (Lipinski definition) is 3. The standard InChI is InChI=1S/C10H25N3/c1-9(2)12-8-10(3)11-6-7-13(4)5/h9-12H,6-8H2,1-5H3. The van der Waals surface area contributed by atoms with Gasteiger partial charge in [0.15, 0.2) is 0 Å². The molecule has 13 heavy (non-hydrogen) atoms. The van der Waals surface area contributed by atoms with E-state index in [1.807, 2.05) is 0 Å². The summed E-state index contributed by atoms with van der Waals surface area (Å²) < 4.78 is 0. The second-order valence-electron chi connectivity index (χ2n) is 4.22. The molecule has 0 saturated carbocycles. The average Bonchev–Trinajstić information content (AvgIpc) is 2.00. The normalized spacial score (nSPS) is 14.1. The van der Waals surface area contributed by atoms with Crippen LogP contribution in [0.3, 0.4) is 0 Å². The number of nitrogens with one attached hydrogen (secondary N) is 2. The zero-order valence-corrected chi connectivity index (χ0v) is 9.72. The molecule has 0 aromatic heterocycles. The smallest absolute Gasteiger partial charge is 0.0164 e. The second kappa shape index (κ2) is 7.30. The third-order valence-electron chi connectivity index (χ3n) is 1.88. The van der Waals surface area contributed by atoms with Crippen LogP contribution in [0, 0.1) is 0 Å². The van der Waals surface area contributed by atoms with Crippen LogP contribution in [-0.4, -0.2) is 50.7 Å². The van der Waals surface area contributed by atoms with Gasteiger partial charge in [-0.1, -0.05) is 13.8 Å². The summed E-state index contributed by atoms with van der Waals surface area (Å²) in [6.07, 6.45) is 0. The van der Waals surface area contributed by atoms with Gasteiger partial charge in [-0.15, -0.1) is 0 Å². The lowest BCUT2D eigenvalue weighted by molar-refractivity contribution is 0.380. The van der Waals surface area contributed by atoms with Gasteiger partial charge < -0.3 is 15.5 Å². The molecule has 0 rings (SSSR count). The molecule has 2 N–H and O–H groups in total. The number of likely N-dealkylation sites (N-methyl/N-ethyl adjacent to an activating group) is 1. The van der Waals surface area contributed by atoms with Crippen molar-refractivity contribution in [3.8, 4) is 0 Å². The Morgan fingerprint density at radius 1 is 1.08 bits per heavy atom. The maximum Gasteiger partial charge on any atom is 0.0164 e. The molecule has 0 radical (unpaired) electrons. The van der Waals surface area contributed by atoms with Crippen molar-refractivity contribution in [1.29, 1.82) is 0 Å². The van der Waals surface area contributed by atoms with Gasteiger partial charge in [0.2, 0.25) is 0 Å². The molecular formula is C10H25N3. The molecule has 1 unspecified atom stereocenters. The van der Waals surface area contributed by atoms with Crippen molar-refractivity contribution < 1.29 is 0 Å². The highest BCUT2D eigenvalue weighted by Gasteiger charge is 2.01. The highest BCUT2D eigenvalue weighted by atomic mass is 15.1. The Bertz CT molecular complexity index is 113. The lowest BCUT2D eigenvalue weighted by Crippen LogP contribution is -2.41. The Labute approximate surface area is 82.9 Å². The first-order valence-electron chi connectivity index (χ1n) is 5.14. The van der Waals surface area contributed by atoms with Crippen LogP contribution in [0.2, 0.25) is 0 Å². The maximum atomic E-state index is 3.47. The summed E-state index contributed by atoms with van der Waals surface area (Å²) in [6, 6.07) is 1.14. The van der Waals surface area contributed by atoms with E-state index in [0.717, 1.165) is 19.6 Å². The Morgan fingerprint density at radius 2 is 1.69 bits per heavy atom. The Morgan fingerprint density at radius 3 is 2.15 bits per heavy atom. The Kier molecular flexibility index (Phi) is 7.23. The van der Waals surface area contributed by atoms with Crippen LogP contribution in [0.1, 0.15) is 20.8 Å². The van der Waals surface area contributed by atoms with Crippen LogP contribution in [-0.2, 0) is 0 Å². The van der Waals surface area contributed by atoms with E-state index < -0.39 is 0 Å². The fraction of sp³-hybridized carbons (Fsp3) is 1.00. The average molecular weight is 187 g/mol. The molecule has 0 heterocycles. The summed E-state index contributed by atoms with van der Waals surface area (Å²) in [5.41, 5.74) is 0. The van der Waals surface area contributed by atoms with Crippen molar-refractivity contribution in [3.63, 3.8) is 0 Å². The second-order valence-corrected chi connectivity index (χ2v) is 4.22. The minimum atomic E-state index is 0.558. The molecule has 3 heteroatoms. The predicted octanol–water partition coefficient (Wildman–Crippen LogP) is 0.524. The summed E-state index contributed by atoms with van der Waals surface area (Å²) >= 11 is 0. The van der Waals surface area contributed by atoms with Gasteiger partial charge in [0.25, 0.3) is 0 Å². The molecule has 0 aromatic rings. The zero-order valence-electron chi connectivity index (χ0n) is 9.72. The molecule has 0 aliphatic heterocycles. The first-order valence-corrected chi connectivity index (χ1v) is 5.14. The van der Waals surface area contributed by atoms with Crippen molar-refractivity contribution in [1.82, 2.24) is 15.5 Å². The van der Waals surface area contributed by atoms with E-state index in [0.29, 0.717) is 12.1 Å². The van der Waals surface area contributed by atoms with Gasteiger partial charge in [-0.25, -0.2) is 0 Å². The van der Waals surface area contributed by atoms with E-state index in [2.05, 4.69) is 50.4 Å². The van der Waals surface area contributed by atoms with Crippen LogP contribution >= 0.6 is 0 Å². The minimum absolute atomic E-state index is 0.558. The van der Waals surface area contributed by atoms with Gasteiger partial charge in [0.1, 0.15) is 0 Å². The van der Waals surface area contributed by atoms with E-state index in [4.69, 9.17) is 0 Å². The zero-order chi connectivity index (χ0) is 10.3. The molecule has 1 atom stereocenters. The highest BCUT2D eigenvalue weighted by molar-refractivity contribution is 4.66. The molecule has 0 amide bonds. The van der Waals surface area contributed by atoms with E-state index in [-0.39, 0.29) is 0 Å². The molecule has 0 aliphatic carbocycles. The molecular weight excluding hydrogens is 162 g/mol. The Hall–Kier alpha value is -0.120. The first-order chi connectivity index (χ1) is 6.02. The van der Waals surface area contributed by atoms with E-state index in [1.54, 1.807) is 0 Å². The maximum absolute atomic E-state index is 3.47. The van der Waals surface area contributed by atoms with Crippen LogP contribution in [0.15, 0.2) is 0 Å². The van der Waals surface area contributed by atoms with E-state index >= 15 is 0 Å². The molecule has 0 aromatic carbocycles. The molecule has 0 aliphatic rings. The lowest BCUT2D eigenvalue weighted by Gasteiger charge is -2.18. The van der Waals surface area contributed by atoms with Crippen molar-refractivity contribution in [3.05, 3.63) is 0 Å². The molecule has 0 bridgehead atoms. The number of hydrogen-bond donors (Lipinski definition) is 2. The van der Waals surface area contributed by atoms with Gasteiger partial charge in [0.05, 0.1) is 0 Å². The minimum Gasteiger partial charge on any atom is -0.313 e. The summed E-state index contributed by atoms with van der Waals surface area (Å²) in [5.74, 6) is 0. The third kappa shape index (κ3) is 9.80. The van der Waals surface area contributed by atoms with Crippen molar-refractivity contribution in [2.45, 2.75) is 32.9 Å². The summed E-state index contributed by atoms with van der Waals surface area (Å²) in [7, 11) is 4.19. The number of nitrogens with zero attached hydrogens (tertiary/aromatic N) is 1. The Balaban J connectivity index is 3.25. The molecule has 80 valence electrons. The largest absolute Gasteiger partial charge is 0.313 e. The van der Waals surface area contributed by atoms with Gasteiger partial charge in [-0.05, 0) is 21.0 Å². The topological polar surface area (TPSA) is 27.3 Å². The molecule has 3 nitrogen and oxygen atoms in total. The fourth-order valence-electron chi connectivity index (χ4n) is 1.02. The third-order valence-corrected chi connectivity index (χ3v) is 1.88. The summed E-state index contributed by atoms with van der Waals surface area (Å²) in [6.45, 7) is 9.77. The van der Waals surface area contributed by atoms with Gasteiger partial charge >= 0.3 is 0 Å². The lowest BCUT2D eigenvalue weighted by atomic mass is 10.3. The van der Waals surface area contributed by atoms with Crippen LogP contribution in [0.4, 0.5) is 0 Å². The molecule has 0 spiro atoms. The fourth-order valence-corrected chi connectivity index (χ4v) is 1.02. The van der Waals surface area contributed by atoms with Crippen LogP contribution < -0.4 is 10.6 Å². The van der Waals surface area contributed by atoms with Gasteiger partial charge in [-0.3, -0.25) is 0 Å². The predicted molar refractivity (Wildman–Crippen MR) is 59.2 cm³/mol. The van der Waals surface area contributed by atoms with Crippen molar-refractivity contribution in [2.75, 3.05) is 33.7 Å². The van der Waals surface area contributed by atoms with Crippen LogP contribution in [0.5, 0.6) is 0 Å². The van der Waals surface area contributed by atoms with Crippen molar-refractivity contribution >= 4 is 0 Å². The quantitative estimate of drug-likeness (QED) is 0.608. The van der Waals surface area contributed by atoms with Crippen molar-refractivity contribution in [2.24, 2.45) is 0 Å². The van der Waals surface area contributed by atoms with Gasteiger partial charge in [0, 0.05) is 31.7 Å². The van der Waals surface area contributed by atoms with E-state index in [1.165, 1.54) is 0 Å². The first kappa shape index (κ1) is 12.9. The monoisotopic (exact) mass is 187 g/mol. The summed E-state index contributed by atoms with van der Waals surface area (Å²) in [5, 5.41) is 6.87. The number of rotatable bonds is 7. The van der Waals surface area contributed by atoms with E-state index in [9.17, 15) is 0 Å². The van der Waals surface area contributed by atoms with Gasteiger partial charge in [-0.2, -0.15) is 0 Å². The summed E-state index contributed by atoms with van der Waals surface area (Å²) in [4.78, 5) is 2.19. The van der Waals surface area contributed by atoms with Crippen LogP contribution in [0.25, 0.3) is 0 Å². The highest BCUT2D eigenvalue weighted by Crippen LogP contribution is 1.82. The SMILES string of the molecule is CC(C)NCC(C)NCCN(C)C. The molecule has 0 fully saturated rings. The molecule has 0 saturated heterocycles.